The summed E-state index contributed by atoms with van der Waals surface area (Å²) in [5.74, 6) is 2.67. The maximum Gasteiger partial charge on any atom is 0.530 e. The minimum atomic E-state index is -1.59. The maximum absolute atomic E-state index is 9.30. The van der Waals surface area contributed by atoms with Gasteiger partial charge in [-0.25, -0.2) is 0 Å². The Bertz CT molecular complexity index is 1250. The molecule has 5 nitrogen and oxygen atoms in total. The highest BCUT2D eigenvalue weighted by molar-refractivity contribution is 7.43. The standard InChI is InChI=1S/C18H15O3P.C15H16O2/c1-4-10-16(11-5-1)19-22(20-17-12-6-2-7-13-17)21-18-14-8-3-9-15-18;1-15(2,11-3-7-13(16)8-4-11)12-5-9-14(17)10-6-12/h1-15H;3-10,16-17H,1-2H3. The maximum atomic E-state index is 9.30. The van der Waals surface area contributed by atoms with Crippen molar-refractivity contribution >= 4 is 8.60 Å². The van der Waals surface area contributed by atoms with Crippen LogP contribution in [0.15, 0.2) is 140 Å². The lowest BCUT2D eigenvalue weighted by Crippen LogP contribution is -2.18. The Kier molecular flexibility index (Phi) is 9.44. The molecule has 0 aliphatic carbocycles. The molecule has 0 amide bonds. The van der Waals surface area contributed by atoms with Crippen molar-refractivity contribution < 1.29 is 23.8 Å². The van der Waals surface area contributed by atoms with Crippen molar-refractivity contribution in [2.45, 2.75) is 19.3 Å². The second-order valence-electron chi connectivity index (χ2n) is 9.16. The molecule has 0 aromatic heterocycles. The molecule has 0 aliphatic heterocycles. The molecule has 39 heavy (non-hydrogen) atoms. The summed E-state index contributed by atoms with van der Waals surface area (Å²) in [6.07, 6.45) is 0. The average molecular weight is 539 g/mol. The third kappa shape index (κ3) is 8.26. The molecule has 5 aromatic carbocycles. The molecule has 0 unspecified atom stereocenters. The number of para-hydroxylation sites is 3. The normalized spacial score (nSPS) is 10.7. The highest BCUT2D eigenvalue weighted by Gasteiger charge is 2.23. The molecule has 0 spiro atoms. The van der Waals surface area contributed by atoms with Crippen LogP contribution in [0.25, 0.3) is 0 Å². The zero-order valence-electron chi connectivity index (χ0n) is 21.8. The van der Waals surface area contributed by atoms with Crippen LogP contribution in [0.2, 0.25) is 0 Å². The van der Waals surface area contributed by atoms with Gasteiger partial charge in [-0.05, 0) is 71.8 Å². The fourth-order valence-corrected chi connectivity index (χ4v) is 4.67. The van der Waals surface area contributed by atoms with E-state index in [4.69, 9.17) is 13.6 Å². The minimum Gasteiger partial charge on any atom is -0.508 e. The molecule has 2 N–H and O–H groups in total. The molecule has 0 atom stereocenters. The predicted molar refractivity (Wildman–Crippen MR) is 156 cm³/mol. The van der Waals surface area contributed by atoms with Gasteiger partial charge >= 0.3 is 8.60 Å². The van der Waals surface area contributed by atoms with E-state index in [2.05, 4.69) is 13.8 Å². The Balaban J connectivity index is 0.000000187. The van der Waals surface area contributed by atoms with E-state index in [1.165, 1.54) is 0 Å². The van der Waals surface area contributed by atoms with Gasteiger partial charge in [0.15, 0.2) is 0 Å². The van der Waals surface area contributed by atoms with Crippen LogP contribution >= 0.6 is 8.60 Å². The number of aromatic hydroxyl groups is 2. The number of hydrogen-bond acceptors (Lipinski definition) is 5. The fourth-order valence-electron chi connectivity index (χ4n) is 3.68. The summed E-state index contributed by atoms with van der Waals surface area (Å²) in [5.41, 5.74) is 2.10. The lowest BCUT2D eigenvalue weighted by atomic mass is 9.78. The third-order valence-corrected chi connectivity index (χ3v) is 7.03. The van der Waals surface area contributed by atoms with Crippen molar-refractivity contribution in [3.63, 3.8) is 0 Å². The van der Waals surface area contributed by atoms with Gasteiger partial charge in [-0.3, -0.25) is 0 Å². The zero-order valence-corrected chi connectivity index (χ0v) is 22.7. The first kappa shape index (κ1) is 27.6. The van der Waals surface area contributed by atoms with Gasteiger partial charge in [-0.15, -0.1) is 0 Å². The summed E-state index contributed by atoms with van der Waals surface area (Å²) >= 11 is 0. The summed E-state index contributed by atoms with van der Waals surface area (Å²) in [7, 11) is -1.59. The number of rotatable bonds is 8. The van der Waals surface area contributed by atoms with Crippen molar-refractivity contribution in [3.05, 3.63) is 151 Å². The minimum absolute atomic E-state index is 0.151. The molecule has 0 aliphatic rings. The van der Waals surface area contributed by atoms with E-state index in [1.807, 2.05) is 115 Å². The van der Waals surface area contributed by atoms with E-state index in [1.54, 1.807) is 24.3 Å². The van der Waals surface area contributed by atoms with Gasteiger partial charge in [0.05, 0.1) is 0 Å². The van der Waals surface area contributed by atoms with Gasteiger partial charge in [-0.1, -0.05) is 92.7 Å². The van der Waals surface area contributed by atoms with E-state index < -0.39 is 8.60 Å². The van der Waals surface area contributed by atoms with Gasteiger partial charge < -0.3 is 23.8 Å². The van der Waals surface area contributed by atoms with Crippen LogP contribution in [0, 0.1) is 0 Å². The molecule has 0 saturated heterocycles. The van der Waals surface area contributed by atoms with E-state index >= 15 is 0 Å². The smallest absolute Gasteiger partial charge is 0.508 e. The van der Waals surface area contributed by atoms with Gasteiger partial charge in [0.2, 0.25) is 0 Å². The second kappa shape index (κ2) is 13.4. The summed E-state index contributed by atoms with van der Waals surface area (Å²) < 4.78 is 17.5. The SMILES string of the molecule is CC(C)(c1ccc(O)cc1)c1ccc(O)cc1.c1ccc(OP(Oc2ccccc2)Oc2ccccc2)cc1. The number of phenolic OH excluding ortho intramolecular Hbond substituents is 2. The topological polar surface area (TPSA) is 68.2 Å². The first-order chi connectivity index (χ1) is 18.9. The van der Waals surface area contributed by atoms with E-state index in [-0.39, 0.29) is 16.9 Å². The van der Waals surface area contributed by atoms with Crippen molar-refractivity contribution in [1.29, 1.82) is 0 Å². The van der Waals surface area contributed by atoms with Crippen LogP contribution in [0.1, 0.15) is 25.0 Å². The van der Waals surface area contributed by atoms with Crippen LogP contribution in [-0.2, 0) is 5.41 Å². The summed E-state index contributed by atoms with van der Waals surface area (Å²) in [4.78, 5) is 0. The van der Waals surface area contributed by atoms with Crippen LogP contribution in [0.5, 0.6) is 28.7 Å². The lowest BCUT2D eigenvalue weighted by molar-refractivity contribution is 0.388. The Morgan fingerprint density at radius 1 is 0.436 bits per heavy atom. The van der Waals surface area contributed by atoms with E-state index in [0.717, 1.165) is 11.1 Å². The molecule has 5 rings (SSSR count). The second-order valence-corrected chi connectivity index (χ2v) is 10.2. The van der Waals surface area contributed by atoms with Crippen LogP contribution in [0.3, 0.4) is 0 Å². The molecule has 0 heterocycles. The Morgan fingerprint density at radius 2 is 0.718 bits per heavy atom. The molecule has 0 bridgehead atoms. The van der Waals surface area contributed by atoms with Gasteiger partial charge in [0.1, 0.15) is 28.7 Å². The van der Waals surface area contributed by atoms with Crippen molar-refractivity contribution in [2.24, 2.45) is 0 Å². The van der Waals surface area contributed by atoms with Crippen molar-refractivity contribution in [3.8, 4) is 28.7 Å². The van der Waals surface area contributed by atoms with Gasteiger partial charge in [0.25, 0.3) is 0 Å². The number of phenols is 2. The predicted octanol–water partition coefficient (Wildman–Crippen LogP) is 8.87. The highest BCUT2D eigenvalue weighted by Crippen LogP contribution is 2.42. The van der Waals surface area contributed by atoms with Crippen molar-refractivity contribution in [2.75, 3.05) is 0 Å². The molecule has 0 radical (unpaired) electrons. The monoisotopic (exact) mass is 538 g/mol. The van der Waals surface area contributed by atoms with Crippen molar-refractivity contribution in [1.82, 2.24) is 0 Å². The fraction of sp³-hybridized carbons (Fsp3) is 0.0909. The molecule has 5 aromatic rings. The molecular weight excluding hydrogens is 507 g/mol. The lowest BCUT2D eigenvalue weighted by Gasteiger charge is -2.26. The van der Waals surface area contributed by atoms with Crippen LogP contribution < -0.4 is 13.6 Å². The molecular formula is C33H31O5P. The van der Waals surface area contributed by atoms with Gasteiger partial charge in [-0.2, -0.15) is 0 Å². The third-order valence-electron chi connectivity index (χ3n) is 5.95. The summed E-state index contributed by atoms with van der Waals surface area (Å²) in [6.45, 7) is 4.23. The van der Waals surface area contributed by atoms with Gasteiger partial charge in [0, 0.05) is 5.41 Å². The first-order valence-electron chi connectivity index (χ1n) is 12.5. The number of hydrogen-bond donors (Lipinski definition) is 2. The summed E-state index contributed by atoms with van der Waals surface area (Å²) in [6, 6.07) is 43.0. The Hall–Kier alpha value is -4.47. The molecule has 6 heteroatoms. The average Bonchev–Trinajstić information content (AvgIpc) is 2.95. The molecule has 0 fully saturated rings. The zero-order chi connectivity index (χ0) is 27.5. The largest absolute Gasteiger partial charge is 0.530 e. The highest BCUT2D eigenvalue weighted by atomic mass is 31.2. The first-order valence-corrected chi connectivity index (χ1v) is 13.6. The van der Waals surface area contributed by atoms with Crippen LogP contribution in [0.4, 0.5) is 0 Å². The Labute approximate surface area is 230 Å². The molecule has 198 valence electrons. The Morgan fingerprint density at radius 3 is 1.00 bits per heavy atom. The summed E-state index contributed by atoms with van der Waals surface area (Å²) in [5, 5.41) is 18.6. The number of benzene rings is 5. The van der Waals surface area contributed by atoms with E-state index in [9.17, 15) is 10.2 Å². The molecule has 0 saturated carbocycles. The van der Waals surface area contributed by atoms with E-state index in [0.29, 0.717) is 17.2 Å². The van der Waals surface area contributed by atoms with Crippen LogP contribution in [-0.4, -0.2) is 10.2 Å². The quantitative estimate of drug-likeness (QED) is 0.193.